The summed E-state index contributed by atoms with van der Waals surface area (Å²) in [7, 11) is 2.97. The quantitative estimate of drug-likeness (QED) is 0.692. The molecule has 158 valence electrons. The van der Waals surface area contributed by atoms with Gasteiger partial charge in [0.25, 0.3) is 5.91 Å². The van der Waals surface area contributed by atoms with Crippen LogP contribution in [0.4, 0.5) is 5.69 Å². The van der Waals surface area contributed by atoms with Gasteiger partial charge in [0.05, 0.1) is 26.1 Å². The van der Waals surface area contributed by atoms with Gasteiger partial charge in [-0.3, -0.25) is 19.3 Å². The Labute approximate surface area is 178 Å². The highest BCUT2D eigenvalue weighted by atomic mass is 16.5. The number of anilines is 1. The first-order chi connectivity index (χ1) is 15.0. The fourth-order valence-electron chi connectivity index (χ4n) is 5.28. The first-order valence-corrected chi connectivity index (χ1v) is 10.0. The number of carbonyl (C=O) groups excluding carboxylic acids is 3. The second-order valence-corrected chi connectivity index (χ2v) is 7.92. The molecule has 8 nitrogen and oxygen atoms in total. The molecule has 0 spiro atoms. The van der Waals surface area contributed by atoms with Crippen LogP contribution in [-0.4, -0.2) is 38.0 Å². The predicted octanol–water partition coefficient (Wildman–Crippen LogP) is 0.287. The van der Waals surface area contributed by atoms with Crippen molar-refractivity contribution in [2.75, 3.05) is 19.1 Å². The van der Waals surface area contributed by atoms with Crippen LogP contribution in [0.25, 0.3) is 6.08 Å². The first-order valence-electron chi connectivity index (χ1n) is 10.0. The smallest absolute Gasteiger partial charge is 0.277 e. The molecule has 3 aliphatic heterocycles. The maximum absolute atomic E-state index is 13.7. The number of amides is 3. The number of nitrogens with one attached hydrogen (secondary N) is 1. The number of hydrogen-bond donors (Lipinski definition) is 2. The molecule has 5 rings (SSSR count). The van der Waals surface area contributed by atoms with E-state index in [9.17, 15) is 14.4 Å². The van der Waals surface area contributed by atoms with E-state index < -0.39 is 29.7 Å². The summed E-state index contributed by atoms with van der Waals surface area (Å²) in [4.78, 5) is 41.7. The van der Waals surface area contributed by atoms with Gasteiger partial charge in [-0.1, -0.05) is 24.3 Å². The van der Waals surface area contributed by atoms with Gasteiger partial charge in [-0.15, -0.1) is 0 Å². The Morgan fingerprint density at radius 2 is 1.77 bits per heavy atom. The molecule has 3 aliphatic rings. The number of carbonyl (C=O) groups is 3. The van der Waals surface area contributed by atoms with Gasteiger partial charge in [0, 0.05) is 11.6 Å². The molecule has 2 aromatic carbocycles. The molecule has 5 atom stereocenters. The minimum atomic E-state index is -0.850. The largest absolute Gasteiger partial charge is 0.497 e. The Bertz CT molecular complexity index is 1140. The van der Waals surface area contributed by atoms with Crippen LogP contribution in [-0.2, 0) is 14.4 Å². The molecule has 8 heteroatoms. The highest BCUT2D eigenvalue weighted by Crippen LogP contribution is 2.46. The number of rotatable bonds is 4. The van der Waals surface area contributed by atoms with E-state index in [1.165, 1.54) is 14.2 Å². The van der Waals surface area contributed by atoms with Crippen LogP contribution in [0.2, 0.25) is 0 Å². The molecule has 31 heavy (non-hydrogen) atoms. The number of quaternary nitrogens is 1. The Hall–Kier alpha value is -3.65. The lowest BCUT2D eigenvalue weighted by Gasteiger charge is -2.30. The molecule has 0 radical (unpaired) electrons. The van der Waals surface area contributed by atoms with E-state index >= 15 is 0 Å². The summed E-state index contributed by atoms with van der Waals surface area (Å²) in [6.45, 7) is 0. The molecule has 3 N–H and O–H groups in total. The lowest BCUT2D eigenvalue weighted by atomic mass is 9.84. The molecule has 0 aliphatic carbocycles. The van der Waals surface area contributed by atoms with E-state index in [0.717, 1.165) is 20.9 Å². The summed E-state index contributed by atoms with van der Waals surface area (Å²) in [5, 5.41) is 0. The summed E-state index contributed by atoms with van der Waals surface area (Å²) < 4.78 is 10.7. The standard InChI is InChI=1S/C23H21N3O5/c1-30-13-7-8-16(31-2)15(11-13)26-22(28)17-18(23(26)29)20(21(24)27)25-10-9-12-5-3-4-6-14(12)19(17)25/h3-11,17-20H,1-2H3,(H2,24,27)/p+1/t17-,18-,19-,20+/m1/s1. The van der Waals surface area contributed by atoms with Crippen molar-refractivity contribution < 1.29 is 28.8 Å². The molecule has 3 amide bonds. The maximum Gasteiger partial charge on any atom is 0.277 e. The predicted molar refractivity (Wildman–Crippen MR) is 111 cm³/mol. The molecule has 2 aromatic rings. The zero-order valence-corrected chi connectivity index (χ0v) is 17.1. The number of methoxy groups -OCH3 is 2. The lowest BCUT2D eigenvalue weighted by molar-refractivity contribution is -0.884. The van der Waals surface area contributed by atoms with Crippen LogP contribution in [0, 0.1) is 11.8 Å². The number of benzene rings is 2. The Kier molecular flexibility index (Phi) is 4.33. The van der Waals surface area contributed by atoms with Crippen LogP contribution in [0.3, 0.4) is 0 Å². The third kappa shape index (κ3) is 2.61. The highest BCUT2D eigenvalue weighted by Gasteiger charge is 2.68. The molecular formula is C23H22N3O5+. The zero-order chi connectivity index (χ0) is 21.9. The van der Waals surface area contributed by atoms with Crippen LogP contribution >= 0.6 is 0 Å². The summed E-state index contributed by atoms with van der Waals surface area (Å²) in [6.07, 6.45) is 3.76. The third-order valence-electron chi connectivity index (χ3n) is 6.55. The van der Waals surface area contributed by atoms with Crippen molar-refractivity contribution in [3.63, 3.8) is 0 Å². The lowest BCUT2D eigenvalue weighted by Crippen LogP contribution is -3.12. The van der Waals surface area contributed by atoms with Gasteiger partial charge in [-0.05, 0) is 23.8 Å². The van der Waals surface area contributed by atoms with Crippen molar-refractivity contribution in [3.8, 4) is 11.5 Å². The van der Waals surface area contributed by atoms with Crippen molar-refractivity contribution in [2.45, 2.75) is 12.1 Å². The second kappa shape index (κ2) is 6.95. The molecule has 0 bridgehead atoms. The number of nitrogens with zero attached hydrogens (tertiary/aromatic N) is 1. The SMILES string of the molecule is COc1ccc(OC)c(N2C(=O)[C@@H]3[C@@H](C2=O)[C@H]2c4ccccc4C=C[NH+]2[C@@H]3C(N)=O)c1. The van der Waals surface area contributed by atoms with Crippen molar-refractivity contribution in [1.82, 2.24) is 0 Å². The van der Waals surface area contributed by atoms with Gasteiger partial charge in [0.15, 0.2) is 6.04 Å². The molecule has 0 aromatic heterocycles. The van der Waals surface area contributed by atoms with Gasteiger partial charge in [0.2, 0.25) is 11.8 Å². The minimum Gasteiger partial charge on any atom is -0.497 e. The number of fused-ring (bicyclic) bond motifs is 5. The number of imide groups is 1. The molecule has 0 saturated carbocycles. The average molecular weight is 420 g/mol. The number of hydrogen-bond acceptors (Lipinski definition) is 5. The van der Waals surface area contributed by atoms with Crippen molar-refractivity contribution in [3.05, 3.63) is 59.8 Å². The molecule has 1 unspecified atom stereocenters. The van der Waals surface area contributed by atoms with E-state index in [0.29, 0.717) is 17.2 Å². The van der Waals surface area contributed by atoms with E-state index in [1.807, 2.05) is 36.5 Å². The first kappa shape index (κ1) is 19.3. The van der Waals surface area contributed by atoms with Crippen molar-refractivity contribution >= 4 is 29.5 Å². The van der Waals surface area contributed by atoms with Gasteiger partial charge in [0.1, 0.15) is 29.4 Å². The van der Waals surface area contributed by atoms with Crippen LogP contribution < -0.4 is 25.0 Å². The fourth-order valence-corrected chi connectivity index (χ4v) is 5.28. The van der Waals surface area contributed by atoms with Gasteiger partial charge >= 0.3 is 0 Å². The van der Waals surface area contributed by atoms with Crippen molar-refractivity contribution in [2.24, 2.45) is 17.6 Å². The van der Waals surface area contributed by atoms with Crippen molar-refractivity contribution in [1.29, 1.82) is 0 Å². The summed E-state index contributed by atoms with van der Waals surface area (Å²) in [5.74, 6) is -2.11. The minimum absolute atomic E-state index is 0.302. The normalized spacial score (nSPS) is 28.2. The topological polar surface area (TPSA) is 103 Å². The molecular weight excluding hydrogens is 398 g/mol. The summed E-state index contributed by atoms with van der Waals surface area (Å²) >= 11 is 0. The van der Waals surface area contributed by atoms with E-state index in [2.05, 4.69) is 0 Å². The van der Waals surface area contributed by atoms with E-state index in [4.69, 9.17) is 15.2 Å². The third-order valence-corrected chi connectivity index (χ3v) is 6.55. The van der Waals surface area contributed by atoms with Gasteiger partial charge in [-0.25, -0.2) is 4.90 Å². The van der Waals surface area contributed by atoms with Gasteiger partial charge < -0.3 is 15.2 Å². The Morgan fingerprint density at radius 1 is 1.03 bits per heavy atom. The fraction of sp³-hybridized carbons (Fsp3) is 0.261. The highest BCUT2D eigenvalue weighted by molar-refractivity contribution is 6.24. The zero-order valence-electron chi connectivity index (χ0n) is 17.1. The molecule has 2 saturated heterocycles. The Morgan fingerprint density at radius 3 is 2.48 bits per heavy atom. The van der Waals surface area contributed by atoms with E-state index in [-0.39, 0.29) is 11.9 Å². The number of nitrogens with two attached hydrogens (primary N) is 1. The molecule has 3 heterocycles. The average Bonchev–Trinajstić information content (AvgIpc) is 3.26. The maximum atomic E-state index is 13.7. The molecule has 2 fully saturated rings. The number of ether oxygens (including phenoxy) is 2. The van der Waals surface area contributed by atoms with Crippen LogP contribution in [0.1, 0.15) is 17.2 Å². The van der Waals surface area contributed by atoms with Crippen LogP contribution in [0.5, 0.6) is 11.5 Å². The monoisotopic (exact) mass is 420 g/mol. The summed E-state index contributed by atoms with van der Waals surface area (Å²) in [5.41, 5.74) is 7.96. The second-order valence-electron chi connectivity index (χ2n) is 7.92. The number of primary amides is 1. The van der Waals surface area contributed by atoms with E-state index in [1.54, 1.807) is 18.2 Å². The van der Waals surface area contributed by atoms with Gasteiger partial charge in [-0.2, -0.15) is 0 Å². The van der Waals surface area contributed by atoms with Crippen LogP contribution in [0.15, 0.2) is 48.7 Å². The Balaban J connectivity index is 1.66. The summed E-state index contributed by atoms with van der Waals surface area (Å²) in [6, 6.07) is 11.4.